The van der Waals surface area contributed by atoms with Gasteiger partial charge >= 0.3 is 0 Å². The lowest BCUT2D eigenvalue weighted by atomic mass is 10.0. The number of hydrogen-bond donors (Lipinski definition) is 1. The second kappa shape index (κ2) is 5.57. The third-order valence-corrected chi connectivity index (χ3v) is 3.78. The van der Waals surface area contributed by atoms with Crippen molar-refractivity contribution in [2.24, 2.45) is 5.92 Å². The first kappa shape index (κ1) is 11.8. The number of nitrogens with one attached hydrogen (secondary N) is 1. The van der Waals surface area contributed by atoms with Crippen LogP contribution in [0.1, 0.15) is 31.2 Å². The molecule has 1 aliphatic heterocycles. The van der Waals surface area contributed by atoms with E-state index in [0.717, 1.165) is 37.8 Å². The van der Waals surface area contributed by atoms with E-state index in [9.17, 15) is 0 Å². The number of benzene rings is 1. The Labute approximate surface area is 109 Å². The highest BCUT2D eigenvalue weighted by atomic mass is 16.5. The van der Waals surface area contributed by atoms with Gasteiger partial charge in [0, 0.05) is 6.54 Å². The number of rotatable bonds is 5. The number of hydrogen-bond acceptors (Lipinski definition) is 2. The molecule has 0 saturated heterocycles. The lowest BCUT2D eigenvalue weighted by Gasteiger charge is -2.14. The molecular weight excluding hydrogens is 222 g/mol. The third-order valence-electron chi connectivity index (χ3n) is 3.78. The molecule has 0 unspecified atom stereocenters. The van der Waals surface area contributed by atoms with Crippen molar-refractivity contribution in [1.29, 1.82) is 0 Å². The molecule has 2 heteroatoms. The van der Waals surface area contributed by atoms with Crippen LogP contribution in [-0.2, 0) is 0 Å². The Morgan fingerprint density at radius 1 is 1.17 bits per heavy atom. The topological polar surface area (TPSA) is 21.3 Å². The summed E-state index contributed by atoms with van der Waals surface area (Å²) in [6, 6.07) is 8.57. The molecule has 1 saturated carbocycles. The van der Waals surface area contributed by atoms with E-state index < -0.39 is 0 Å². The molecule has 3 rings (SSSR count). The molecule has 96 valence electrons. The van der Waals surface area contributed by atoms with E-state index in [1.807, 2.05) is 0 Å². The van der Waals surface area contributed by atoms with Crippen LogP contribution < -0.4 is 10.1 Å². The third kappa shape index (κ3) is 3.14. The van der Waals surface area contributed by atoms with E-state index in [1.54, 1.807) is 0 Å². The first-order valence-corrected chi connectivity index (χ1v) is 7.05. The van der Waals surface area contributed by atoms with Crippen molar-refractivity contribution >= 4 is 5.57 Å². The van der Waals surface area contributed by atoms with Crippen LogP contribution >= 0.6 is 0 Å². The molecule has 0 bridgehead atoms. The van der Waals surface area contributed by atoms with E-state index in [4.69, 9.17) is 4.74 Å². The zero-order valence-electron chi connectivity index (χ0n) is 10.8. The van der Waals surface area contributed by atoms with Gasteiger partial charge in [0.1, 0.15) is 5.75 Å². The normalized spacial score (nSPS) is 19.4. The van der Waals surface area contributed by atoms with Crippen LogP contribution in [0.5, 0.6) is 5.75 Å². The van der Waals surface area contributed by atoms with Gasteiger partial charge in [-0.05, 0) is 48.6 Å². The van der Waals surface area contributed by atoms with Crippen molar-refractivity contribution < 1.29 is 4.74 Å². The molecule has 2 aliphatic rings. The summed E-state index contributed by atoms with van der Waals surface area (Å²) in [7, 11) is 0. The summed E-state index contributed by atoms with van der Waals surface area (Å²) in [5, 5.41) is 3.34. The Balaban J connectivity index is 1.55. The van der Waals surface area contributed by atoms with Crippen molar-refractivity contribution in [2.45, 2.75) is 25.7 Å². The van der Waals surface area contributed by atoms with Gasteiger partial charge in [-0.3, -0.25) is 0 Å². The zero-order chi connectivity index (χ0) is 12.2. The molecule has 0 aromatic heterocycles. The van der Waals surface area contributed by atoms with Crippen LogP contribution in [0.2, 0.25) is 0 Å². The molecule has 1 aromatic carbocycles. The van der Waals surface area contributed by atoms with Gasteiger partial charge in [0.2, 0.25) is 0 Å². The number of ether oxygens (including phenoxy) is 1. The van der Waals surface area contributed by atoms with Crippen molar-refractivity contribution in [2.75, 3.05) is 19.7 Å². The monoisotopic (exact) mass is 243 g/mol. The van der Waals surface area contributed by atoms with Gasteiger partial charge in [0.15, 0.2) is 0 Å². The second-order valence-electron chi connectivity index (χ2n) is 5.29. The minimum Gasteiger partial charge on any atom is -0.494 e. The van der Waals surface area contributed by atoms with E-state index >= 15 is 0 Å². The Hall–Kier alpha value is -1.28. The van der Waals surface area contributed by atoms with E-state index in [-0.39, 0.29) is 0 Å². The molecule has 1 heterocycles. The first-order valence-electron chi connectivity index (χ1n) is 7.05. The molecule has 2 nitrogen and oxygen atoms in total. The van der Waals surface area contributed by atoms with E-state index in [0.29, 0.717) is 0 Å². The van der Waals surface area contributed by atoms with Crippen molar-refractivity contribution in [3.05, 3.63) is 35.9 Å². The molecular formula is C16H21NO. The Morgan fingerprint density at radius 2 is 2.00 bits per heavy atom. The van der Waals surface area contributed by atoms with Gasteiger partial charge in [-0.2, -0.15) is 0 Å². The second-order valence-corrected chi connectivity index (χ2v) is 5.29. The molecule has 0 atom stereocenters. The average Bonchev–Trinajstić information content (AvgIpc) is 3.25. The maximum absolute atomic E-state index is 5.77. The van der Waals surface area contributed by atoms with E-state index in [2.05, 4.69) is 35.7 Å². The molecule has 1 fully saturated rings. The fourth-order valence-electron chi connectivity index (χ4n) is 2.40. The standard InChI is InChI=1S/C16H21NO/c1-2-13(1)9-12-18-16-5-3-14(4-6-16)15-7-10-17-11-8-15/h3-7,13,17H,1-2,8-12H2. The summed E-state index contributed by atoms with van der Waals surface area (Å²) < 4.78 is 5.77. The predicted octanol–water partition coefficient (Wildman–Crippen LogP) is 3.24. The summed E-state index contributed by atoms with van der Waals surface area (Å²) in [4.78, 5) is 0. The lowest BCUT2D eigenvalue weighted by Crippen LogP contribution is -2.19. The van der Waals surface area contributed by atoms with Crippen molar-refractivity contribution in [1.82, 2.24) is 5.32 Å². The van der Waals surface area contributed by atoms with Gasteiger partial charge in [0.05, 0.1) is 6.61 Å². The molecule has 0 spiro atoms. The Kier molecular flexibility index (Phi) is 3.65. The SMILES string of the molecule is C1=C(c2ccc(OCCC3CC3)cc2)CCNC1. The molecule has 1 aliphatic carbocycles. The van der Waals surface area contributed by atoms with Crippen LogP contribution in [0.25, 0.3) is 5.57 Å². The summed E-state index contributed by atoms with van der Waals surface area (Å²) in [6.45, 7) is 2.96. The van der Waals surface area contributed by atoms with Crippen LogP contribution in [0, 0.1) is 5.92 Å². The molecule has 1 aromatic rings. The van der Waals surface area contributed by atoms with Gasteiger partial charge in [0.25, 0.3) is 0 Å². The average molecular weight is 243 g/mol. The highest BCUT2D eigenvalue weighted by Crippen LogP contribution is 2.32. The molecule has 0 amide bonds. The minimum absolute atomic E-state index is 0.872. The summed E-state index contributed by atoms with van der Waals surface area (Å²) in [5.41, 5.74) is 2.80. The summed E-state index contributed by atoms with van der Waals surface area (Å²) >= 11 is 0. The molecule has 18 heavy (non-hydrogen) atoms. The fraction of sp³-hybridized carbons (Fsp3) is 0.500. The van der Waals surface area contributed by atoms with Gasteiger partial charge < -0.3 is 10.1 Å². The minimum atomic E-state index is 0.872. The Bertz CT molecular complexity index is 417. The highest BCUT2D eigenvalue weighted by molar-refractivity contribution is 5.67. The summed E-state index contributed by atoms with van der Waals surface area (Å²) in [6.07, 6.45) is 7.45. The molecule has 0 radical (unpaired) electrons. The highest BCUT2D eigenvalue weighted by Gasteiger charge is 2.20. The van der Waals surface area contributed by atoms with Crippen molar-refractivity contribution in [3.8, 4) is 5.75 Å². The van der Waals surface area contributed by atoms with Crippen molar-refractivity contribution in [3.63, 3.8) is 0 Å². The maximum Gasteiger partial charge on any atom is 0.119 e. The smallest absolute Gasteiger partial charge is 0.119 e. The summed E-state index contributed by atoms with van der Waals surface area (Å²) in [5.74, 6) is 1.96. The van der Waals surface area contributed by atoms with Crippen LogP contribution in [0.3, 0.4) is 0 Å². The van der Waals surface area contributed by atoms with E-state index in [1.165, 1.54) is 30.4 Å². The quantitative estimate of drug-likeness (QED) is 0.857. The van der Waals surface area contributed by atoms with Crippen LogP contribution in [0.15, 0.2) is 30.3 Å². The fourth-order valence-corrected chi connectivity index (χ4v) is 2.40. The zero-order valence-corrected chi connectivity index (χ0v) is 10.8. The van der Waals surface area contributed by atoms with Crippen LogP contribution in [0.4, 0.5) is 0 Å². The lowest BCUT2D eigenvalue weighted by molar-refractivity contribution is 0.302. The van der Waals surface area contributed by atoms with Gasteiger partial charge in [-0.1, -0.05) is 31.1 Å². The largest absolute Gasteiger partial charge is 0.494 e. The van der Waals surface area contributed by atoms with Gasteiger partial charge in [-0.25, -0.2) is 0 Å². The maximum atomic E-state index is 5.77. The first-order chi connectivity index (χ1) is 8.92. The van der Waals surface area contributed by atoms with Crippen LogP contribution in [-0.4, -0.2) is 19.7 Å². The Morgan fingerprint density at radius 3 is 2.67 bits per heavy atom. The predicted molar refractivity (Wildman–Crippen MR) is 74.7 cm³/mol. The molecule has 1 N–H and O–H groups in total. The van der Waals surface area contributed by atoms with Gasteiger partial charge in [-0.15, -0.1) is 0 Å².